The largest absolute Gasteiger partial charge is 0.493 e. The van der Waals surface area contributed by atoms with E-state index in [1.807, 2.05) is 30.4 Å². The van der Waals surface area contributed by atoms with Crippen LogP contribution in [0.3, 0.4) is 0 Å². The van der Waals surface area contributed by atoms with Gasteiger partial charge >= 0.3 is 0 Å². The van der Waals surface area contributed by atoms with Gasteiger partial charge in [-0.2, -0.15) is 4.31 Å². The number of benzene rings is 1. The summed E-state index contributed by atoms with van der Waals surface area (Å²) >= 11 is 0. The van der Waals surface area contributed by atoms with Gasteiger partial charge in [-0.1, -0.05) is 20.3 Å². The third kappa shape index (κ3) is 5.30. The molecule has 11 heteroatoms. The number of alkyl halides is 1. The molecule has 1 fully saturated rings. The van der Waals surface area contributed by atoms with Gasteiger partial charge in [0.25, 0.3) is 5.56 Å². The molecule has 1 N–H and O–H groups in total. The lowest BCUT2D eigenvalue weighted by atomic mass is 10.1. The minimum atomic E-state index is -3.81. The van der Waals surface area contributed by atoms with Gasteiger partial charge in [0, 0.05) is 45.5 Å². The maximum absolute atomic E-state index is 13.5. The molecule has 2 aromatic heterocycles. The fourth-order valence-corrected chi connectivity index (χ4v) is 6.31. The number of aryl methyl sites for hydroxylation is 2. The van der Waals surface area contributed by atoms with Crippen LogP contribution >= 0.6 is 0 Å². The molecule has 202 valence electrons. The van der Waals surface area contributed by atoms with Crippen LogP contribution in [-0.4, -0.2) is 78.2 Å². The number of H-pyrrole nitrogens is 1. The summed E-state index contributed by atoms with van der Waals surface area (Å²) in [6, 6.07) is 4.70. The molecule has 1 aliphatic rings. The van der Waals surface area contributed by atoms with Gasteiger partial charge in [0.1, 0.15) is 23.8 Å². The lowest BCUT2D eigenvalue weighted by molar-refractivity contribution is 0.177. The molecule has 4 rings (SSSR count). The summed E-state index contributed by atoms with van der Waals surface area (Å²) in [5, 5.41) is 0. The lowest BCUT2D eigenvalue weighted by Gasteiger charge is -2.33. The molecule has 0 bridgehead atoms. The Balaban J connectivity index is 1.81. The van der Waals surface area contributed by atoms with Crippen LogP contribution in [0, 0.1) is 6.92 Å². The first-order valence-corrected chi connectivity index (χ1v) is 14.3. The second-order valence-corrected chi connectivity index (χ2v) is 11.4. The Morgan fingerprint density at radius 2 is 1.86 bits per heavy atom. The van der Waals surface area contributed by atoms with Crippen molar-refractivity contribution in [1.82, 2.24) is 23.7 Å². The van der Waals surface area contributed by atoms with E-state index in [1.165, 1.54) is 16.4 Å². The molecule has 0 saturated carbocycles. The summed E-state index contributed by atoms with van der Waals surface area (Å²) in [4.78, 5) is 22.9. The zero-order valence-corrected chi connectivity index (χ0v) is 22.8. The molecular formula is C26H36FN5O4S. The van der Waals surface area contributed by atoms with Gasteiger partial charge in [0.2, 0.25) is 10.0 Å². The van der Waals surface area contributed by atoms with E-state index >= 15 is 0 Å². The first kappa shape index (κ1) is 27.3. The fourth-order valence-electron chi connectivity index (χ4n) is 4.86. The SMILES string of the molecule is CCCOc1ccc(S(=O)(=O)N2CCN(CCF)CC2)cc1-c1nc2c(CCC)c(C)n(C)c2c(=O)[nH]1. The maximum Gasteiger partial charge on any atom is 0.275 e. The normalized spacial score (nSPS) is 15.5. The molecule has 1 aromatic carbocycles. The van der Waals surface area contributed by atoms with Gasteiger partial charge in [-0.15, -0.1) is 0 Å². The maximum atomic E-state index is 13.5. The Labute approximate surface area is 217 Å². The molecule has 0 radical (unpaired) electrons. The number of hydrogen-bond donors (Lipinski definition) is 1. The van der Waals surface area contributed by atoms with Crippen LogP contribution in [-0.2, 0) is 23.5 Å². The number of hydrogen-bond acceptors (Lipinski definition) is 6. The molecule has 1 saturated heterocycles. The highest BCUT2D eigenvalue weighted by atomic mass is 32.2. The lowest BCUT2D eigenvalue weighted by Crippen LogP contribution is -2.49. The van der Waals surface area contributed by atoms with Crippen molar-refractivity contribution in [2.75, 3.05) is 46.0 Å². The molecule has 0 atom stereocenters. The number of fused-ring (bicyclic) bond motifs is 1. The molecule has 37 heavy (non-hydrogen) atoms. The molecule has 0 aliphatic carbocycles. The van der Waals surface area contributed by atoms with E-state index in [9.17, 15) is 17.6 Å². The van der Waals surface area contributed by atoms with E-state index in [0.717, 1.165) is 30.5 Å². The Hall–Kier alpha value is -2.76. The van der Waals surface area contributed by atoms with E-state index < -0.39 is 16.7 Å². The molecule has 3 heterocycles. The predicted octanol–water partition coefficient (Wildman–Crippen LogP) is 3.25. The average molecular weight is 534 g/mol. The number of sulfonamides is 1. The van der Waals surface area contributed by atoms with Crippen molar-refractivity contribution >= 4 is 21.1 Å². The molecule has 9 nitrogen and oxygen atoms in total. The van der Waals surface area contributed by atoms with Crippen LogP contribution < -0.4 is 10.3 Å². The van der Waals surface area contributed by atoms with Gasteiger partial charge in [0.05, 0.1) is 22.6 Å². The molecule has 0 spiro atoms. The van der Waals surface area contributed by atoms with Gasteiger partial charge < -0.3 is 14.3 Å². The van der Waals surface area contributed by atoms with Crippen molar-refractivity contribution in [1.29, 1.82) is 0 Å². The fraction of sp³-hybridized carbons (Fsp3) is 0.538. The molecule has 3 aromatic rings. The van der Waals surface area contributed by atoms with Crippen LogP contribution in [0.1, 0.15) is 37.9 Å². The summed E-state index contributed by atoms with van der Waals surface area (Å²) in [6.45, 7) is 7.86. The van der Waals surface area contributed by atoms with Crippen LogP contribution in [0.15, 0.2) is 27.9 Å². The third-order valence-corrected chi connectivity index (χ3v) is 8.89. The molecule has 1 aliphatic heterocycles. The topological polar surface area (TPSA) is 101 Å². The number of rotatable bonds is 10. The Morgan fingerprint density at radius 3 is 2.51 bits per heavy atom. The highest BCUT2D eigenvalue weighted by Crippen LogP contribution is 2.33. The number of nitrogens with one attached hydrogen (secondary N) is 1. The van der Waals surface area contributed by atoms with Crippen molar-refractivity contribution in [3.8, 4) is 17.1 Å². The number of aromatic amines is 1. The summed E-state index contributed by atoms with van der Waals surface area (Å²) < 4.78 is 49.0. The van der Waals surface area contributed by atoms with Gasteiger partial charge in [-0.3, -0.25) is 9.69 Å². The van der Waals surface area contributed by atoms with Crippen molar-refractivity contribution in [2.24, 2.45) is 7.05 Å². The zero-order valence-electron chi connectivity index (χ0n) is 22.0. The Kier molecular flexibility index (Phi) is 8.35. The minimum absolute atomic E-state index is 0.103. The van der Waals surface area contributed by atoms with Crippen LogP contribution in [0.2, 0.25) is 0 Å². The van der Waals surface area contributed by atoms with Gasteiger partial charge in [0.15, 0.2) is 0 Å². The summed E-state index contributed by atoms with van der Waals surface area (Å²) in [5.41, 5.74) is 3.26. The van der Waals surface area contributed by atoms with Crippen LogP contribution in [0.5, 0.6) is 5.75 Å². The van der Waals surface area contributed by atoms with Crippen LogP contribution in [0.25, 0.3) is 22.4 Å². The number of piperazine rings is 1. The van der Waals surface area contributed by atoms with E-state index in [1.54, 1.807) is 6.07 Å². The summed E-state index contributed by atoms with van der Waals surface area (Å²) in [6.07, 6.45) is 2.45. The third-order valence-electron chi connectivity index (χ3n) is 6.99. The van der Waals surface area contributed by atoms with E-state index in [0.29, 0.717) is 48.6 Å². The predicted molar refractivity (Wildman–Crippen MR) is 142 cm³/mol. The highest BCUT2D eigenvalue weighted by Gasteiger charge is 2.29. The van der Waals surface area contributed by atoms with Crippen molar-refractivity contribution in [3.63, 3.8) is 0 Å². The van der Waals surface area contributed by atoms with Crippen molar-refractivity contribution < 1.29 is 17.5 Å². The average Bonchev–Trinajstić information content (AvgIpc) is 3.13. The number of ether oxygens (including phenoxy) is 1. The minimum Gasteiger partial charge on any atom is -0.493 e. The van der Waals surface area contributed by atoms with E-state index in [-0.39, 0.29) is 29.4 Å². The molecular weight excluding hydrogens is 497 g/mol. The number of aromatic nitrogens is 3. The van der Waals surface area contributed by atoms with E-state index in [2.05, 4.69) is 11.9 Å². The first-order valence-electron chi connectivity index (χ1n) is 12.9. The highest BCUT2D eigenvalue weighted by molar-refractivity contribution is 7.89. The molecule has 0 amide bonds. The Morgan fingerprint density at radius 1 is 1.14 bits per heavy atom. The second-order valence-electron chi connectivity index (χ2n) is 9.43. The van der Waals surface area contributed by atoms with Crippen molar-refractivity contribution in [2.45, 2.75) is 44.9 Å². The Bertz CT molecular complexity index is 1420. The second kappa shape index (κ2) is 11.3. The zero-order chi connectivity index (χ0) is 26.7. The number of halogens is 1. The van der Waals surface area contributed by atoms with Crippen molar-refractivity contribution in [3.05, 3.63) is 39.8 Å². The van der Waals surface area contributed by atoms with Gasteiger partial charge in [-0.25, -0.2) is 17.8 Å². The smallest absolute Gasteiger partial charge is 0.275 e. The monoisotopic (exact) mass is 533 g/mol. The standard InChI is InChI=1S/C26H36FN5O4S/c1-5-7-20-18(3)30(4)24-23(20)28-25(29-26(24)33)21-17-19(8-9-22(21)36-16-6-2)37(34,35)32-14-12-31(11-10-27)13-15-32/h8-9,17H,5-7,10-16H2,1-4H3,(H,28,29,33). The van der Waals surface area contributed by atoms with Gasteiger partial charge in [-0.05, 0) is 43.5 Å². The number of nitrogens with zero attached hydrogens (tertiary/aromatic N) is 4. The quantitative estimate of drug-likeness (QED) is 0.430. The van der Waals surface area contributed by atoms with E-state index in [4.69, 9.17) is 9.72 Å². The summed E-state index contributed by atoms with van der Waals surface area (Å²) in [7, 11) is -1.96. The van der Waals surface area contributed by atoms with Crippen LogP contribution in [0.4, 0.5) is 4.39 Å². The molecule has 0 unspecified atom stereocenters. The summed E-state index contributed by atoms with van der Waals surface area (Å²) in [5.74, 6) is 0.733. The first-order chi connectivity index (χ1) is 17.7.